The fourth-order valence-electron chi connectivity index (χ4n) is 1.43. The maximum atomic E-state index is 9.26. The lowest BCUT2D eigenvalue weighted by atomic mass is 9.86. The number of rotatable bonds is 6. The number of unbranched alkanes of at least 4 members (excludes halogenated alkanes) is 1. The van der Waals surface area contributed by atoms with Crippen LogP contribution in [0.5, 0.6) is 5.75 Å². The van der Waals surface area contributed by atoms with Crippen molar-refractivity contribution in [1.29, 1.82) is 0 Å². The second-order valence-corrected chi connectivity index (χ2v) is 4.77. The molecule has 2 heteroatoms. The van der Waals surface area contributed by atoms with Gasteiger partial charge in [0.05, 0.1) is 13.2 Å². The van der Waals surface area contributed by atoms with E-state index in [4.69, 9.17) is 4.74 Å². The average molecular weight is 222 g/mol. The Morgan fingerprint density at radius 3 is 2.31 bits per heavy atom. The minimum Gasteiger partial charge on any atom is -0.494 e. The topological polar surface area (TPSA) is 29.5 Å². The maximum absolute atomic E-state index is 9.26. The Balaban J connectivity index is 2.61. The number of aliphatic hydroxyl groups excluding tert-OH is 1. The maximum Gasteiger partial charge on any atom is 0.119 e. The molecule has 1 aromatic carbocycles. The highest BCUT2D eigenvalue weighted by Crippen LogP contribution is 2.24. The summed E-state index contributed by atoms with van der Waals surface area (Å²) in [5.74, 6) is 0.908. The van der Waals surface area contributed by atoms with Crippen LogP contribution in [0.2, 0.25) is 0 Å². The van der Waals surface area contributed by atoms with Gasteiger partial charge in [0.25, 0.3) is 0 Å². The van der Waals surface area contributed by atoms with Crippen molar-refractivity contribution in [2.45, 2.75) is 39.0 Å². The molecule has 2 nitrogen and oxygen atoms in total. The van der Waals surface area contributed by atoms with Gasteiger partial charge in [0.1, 0.15) is 5.75 Å². The summed E-state index contributed by atoms with van der Waals surface area (Å²) in [6, 6.07) is 8.00. The molecular weight excluding hydrogens is 200 g/mol. The second-order valence-electron chi connectivity index (χ2n) is 4.77. The van der Waals surface area contributed by atoms with Crippen molar-refractivity contribution in [2.24, 2.45) is 0 Å². The lowest BCUT2D eigenvalue weighted by molar-refractivity contribution is 0.218. The van der Waals surface area contributed by atoms with Crippen LogP contribution in [0.15, 0.2) is 24.3 Å². The van der Waals surface area contributed by atoms with E-state index in [2.05, 4.69) is 6.92 Å². The van der Waals surface area contributed by atoms with Crippen molar-refractivity contribution < 1.29 is 9.84 Å². The molecule has 1 aromatic rings. The zero-order chi connectivity index (χ0) is 12.0. The summed E-state index contributed by atoms with van der Waals surface area (Å²) in [6.45, 7) is 7.14. The van der Waals surface area contributed by atoms with Gasteiger partial charge >= 0.3 is 0 Å². The molecule has 0 amide bonds. The van der Waals surface area contributed by atoms with Crippen LogP contribution in [0.4, 0.5) is 0 Å². The van der Waals surface area contributed by atoms with Crippen molar-refractivity contribution >= 4 is 0 Å². The van der Waals surface area contributed by atoms with Gasteiger partial charge in [0.2, 0.25) is 0 Å². The Kier molecular flexibility index (Phi) is 4.81. The molecule has 0 heterocycles. The molecule has 0 aromatic heterocycles. The zero-order valence-electron chi connectivity index (χ0n) is 10.5. The number of aliphatic hydroxyl groups is 1. The third kappa shape index (κ3) is 3.53. The minimum absolute atomic E-state index is 0.156. The summed E-state index contributed by atoms with van der Waals surface area (Å²) >= 11 is 0. The third-order valence-corrected chi connectivity index (χ3v) is 2.80. The molecule has 1 N–H and O–H groups in total. The predicted molar refractivity (Wildman–Crippen MR) is 67.0 cm³/mol. The largest absolute Gasteiger partial charge is 0.494 e. The van der Waals surface area contributed by atoms with Crippen molar-refractivity contribution in [1.82, 2.24) is 0 Å². The van der Waals surface area contributed by atoms with Crippen LogP contribution in [0, 0.1) is 0 Å². The zero-order valence-corrected chi connectivity index (χ0v) is 10.5. The summed E-state index contributed by atoms with van der Waals surface area (Å²) < 4.78 is 5.59. The molecule has 0 aliphatic carbocycles. The first-order chi connectivity index (χ1) is 7.60. The molecule has 0 bridgehead atoms. The number of benzene rings is 1. The summed E-state index contributed by atoms with van der Waals surface area (Å²) in [5.41, 5.74) is 0.958. The molecule has 0 aliphatic rings. The van der Waals surface area contributed by atoms with E-state index in [9.17, 15) is 5.11 Å². The van der Waals surface area contributed by atoms with Gasteiger partial charge in [-0.3, -0.25) is 0 Å². The highest BCUT2D eigenvalue weighted by molar-refractivity contribution is 5.31. The first-order valence-electron chi connectivity index (χ1n) is 5.94. The molecule has 90 valence electrons. The van der Waals surface area contributed by atoms with E-state index in [0.29, 0.717) is 0 Å². The molecule has 0 saturated carbocycles. The smallest absolute Gasteiger partial charge is 0.119 e. The van der Waals surface area contributed by atoms with E-state index >= 15 is 0 Å². The molecule has 0 spiro atoms. The van der Waals surface area contributed by atoms with Gasteiger partial charge in [-0.05, 0) is 24.1 Å². The molecule has 0 fully saturated rings. The van der Waals surface area contributed by atoms with Crippen molar-refractivity contribution in [3.8, 4) is 5.75 Å². The predicted octanol–water partition coefficient (Wildman–Crippen LogP) is 3.14. The normalized spacial score (nSPS) is 11.5. The summed E-state index contributed by atoms with van der Waals surface area (Å²) in [4.78, 5) is 0. The van der Waals surface area contributed by atoms with Crippen LogP contribution in [-0.4, -0.2) is 18.3 Å². The van der Waals surface area contributed by atoms with Crippen LogP contribution < -0.4 is 4.74 Å². The lowest BCUT2D eigenvalue weighted by Gasteiger charge is -2.22. The van der Waals surface area contributed by atoms with E-state index in [1.54, 1.807) is 0 Å². The van der Waals surface area contributed by atoms with E-state index in [-0.39, 0.29) is 12.0 Å². The molecule has 16 heavy (non-hydrogen) atoms. The highest BCUT2D eigenvalue weighted by atomic mass is 16.5. The molecule has 0 saturated heterocycles. The Labute approximate surface area is 98.3 Å². The first kappa shape index (κ1) is 13.0. The average Bonchev–Trinajstić information content (AvgIpc) is 2.30. The molecule has 1 rings (SSSR count). The molecule has 0 radical (unpaired) electrons. The van der Waals surface area contributed by atoms with E-state index in [1.807, 2.05) is 38.1 Å². The van der Waals surface area contributed by atoms with Crippen LogP contribution in [0.25, 0.3) is 0 Å². The quantitative estimate of drug-likeness (QED) is 0.749. The van der Waals surface area contributed by atoms with E-state index < -0.39 is 0 Å². The fraction of sp³-hybridized carbons (Fsp3) is 0.571. The summed E-state index contributed by atoms with van der Waals surface area (Å²) in [5, 5.41) is 9.26. The first-order valence-corrected chi connectivity index (χ1v) is 5.94. The van der Waals surface area contributed by atoms with Gasteiger partial charge in [-0.15, -0.1) is 0 Å². The summed E-state index contributed by atoms with van der Waals surface area (Å²) in [7, 11) is 0. The van der Waals surface area contributed by atoms with Crippen LogP contribution in [0.3, 0.4) is 0 Å². The number of hydrogen-bond acceptors (Lipinski definition) is 2. The Bertz CT molecular complexity index is 301. The van der Waals surface area contributed by atoms with Gasteiger partial charge in [-0.25, -0.2) is 0 Å². The fourth-order valence-corrected chi connectivity index (χ4v) is 1.43. The molecule has 0 atom stereocenters. The van der Waals surface area contributed by atoms with Gasteiger partial charge in [-0.1, -0.05) is 39.3 Å². The van der Waals surface area contributed by atoms with E-state index in [0.717, 1.165) is 30.8 Å². The molecule has 0 aliphatic heterocycles. The van der Waals surface area contributed by atoms with Crippen LogP contribution in [0.1, 0.15) is 39.2 Å². The lowest BCUT2D eigenvalue weighted by Crippen LogP contribution is -2.21. The second kappa shape index (κ2) is 5.90. The number of ether oxygens (including phenoxy) is 1. The third-order valence-electron chi connectivity index (χ3n) is 2.80. The Morgan fingerprint density at radius 1 is 1.19 bits per heavy atom. The number of hydrogen-bond donors (Lipinski definition) is 1. The molecule has 0 unspecified atom stereocenters. The standard InChI is InChI=1S/C14H22O2/c1-4-5-10-16-13-8-6-12(7-9-13)14(2,3)11-15/h6-9,15H,4-5,10-11H2,1-3H3. The van der Waals surface area contributed by atoms with Crippen LogP contribution >= 0.6 is 0 Å². The van der Waals surface area contributed by atoms with Crippen molar-refractivity contribution in [3.05, 3.63) is 29.8 Å². The summed E-state index contributed by atoms with van der Waals surface area (Å²) in [6.07, 6.45) is 2.24. The Morgan fingerprint density at radius 2 is 1.81 bits per heavy atom. The van der Waals surface area contributed by atoms with Gasteiger partial charge < -0.3 is 9.84 Å². The van der Waals surface area contributed by atoms with Gasteiger partial charge in [0.15, 0.2) is 0 Å². The van der Waals surface area contributed by atoms with Crippen molar-refractivity contribution in [2.75, 3.05) is 13.2 Å². The minimum atomic E-state index is -0.179. The monoisotopic (exact) mass is 222 g/mol. The SMILES string of the molecule is CCCCOc1ccc(C(C)(C)CO)cc1. The van der Waals surface area contributed by atoms with E-state index in [1.165, 1.54) is 0 Å². The molecular formula is C14H22O2. The van der Waals surface area contributed by atoms with Gasteiger partial charge in [0, 0.05) is 5.41 Å². The highest BCUT2D eigenvalue weighted by Gasteiger charge is 2.18. The Hall–Kier alpha value is -1.02. The van der Waals surface area contributed by atoms with Crippen LogP contribution in [-0.2, 0) is 5.41 Å². The van der Waals surface area contributed by atoms with Gasteiger partial charge in [-0.2, -0.15) is 0 Å². The van der Waals surface area contributed by atoms with Crippen molar-refractivity contribution in [3.63, 3.8) is 0 Å².